The third-order valence-electron chi connectivity index (χ3n) is 4.32. The highest BCUT2D eigenvalue weighted by molar-refractivity contribution is 5.72. The minimum Gasteiger partial charge on any atom is -0.397 e. The molecule has 104 valence electrons. The summed E-state index contributed by atoms with van der Waals surface area (Å²) in [6, 6.07) is 6.28. The Bertz CT molecular complexity index is 470. The molecule has 0 amide bonds. The number of aryl methyl sites for hydroxylation is 1. The molecule has 0 aliphatic carbocycles. The van der Waals surface area contributed by atoms with E-state index < -0.39 is 0 Å². The Labute approximate surface area is 115 Å². The third-order valence-corrected chi connectivity index (χ3v) is 4.32. The molecule has 0 spiro atoms. The first-order valence-corrected chi connectivity index (χ1v) is 7.35. The molecule has 1 unspecified atom stereocenters. The summed E-state index contributed by atoms with van der Waals surface area (Å²) < 4.78 is 6.12. The van der Waals surface area contributed by atoms with Crippen LogP contribution >= 0.6 is 0 Å². The minimum absolute atomic E-state index is 0.0471. The van der Waals surface area contributed by atoms with Gasteiger partial charge in [0.25, 0.3) is 0 Å². The summed E-state index contributed by atoms with van der Waals surface area (Å²) >= 11 is 0. The van der Waals surface area contributed by atoms with Crippen molar-refractivity contribution in [1.29, 1.82) is 0 Å². The Balaban J connectivity index is 1.77. The lowest BCUT2D eigenvalue weighted by Gasteiger charge is -2.34. The molecule has 1 aromatic carbocycles. The highest BCUT2D eigenvalue weighted by atomic mass is 16.5. The summed E-state index contributed by atoms with van der Waals surface area (Å²) in [6.45, 7) is 6.45. The molecule has 2 aliphatic rings. The van der Waals surface area contributed by atoms with E-state index in [0.717, 1.165) is 38.0 Å². The first-order chi connectivity index (χ1) is 9.05. The summed E-state index contributed by atoms with van der Waals surface area (Å²) in [5.74, 6) is 0. The fourth-order valence-electron chi connectivity index (χ4n) is 3.41. The molecule has 1 aromatic rings. The van der Waals surface area contributed by atoms with E-state index in [-0.39, 0.29) is 5.60 Å². The average Bonchev–Trinajstić information content (AvgIpc) is 2.69. The molecule has 19 heavy (non-hydrogen) atoms. The van der Waals surface area contributed by atoms with Gasteiger partial charge in [-0.05, 0) is 51.2 Å². The monoisotopic (exact) mass is 260 g/mol. The molecule has 1 atom stereocenters. The number of anilines is 2. The van der Waals surface area contributed by atoms with Gasteiger partial charge in [-0.2, -0.15) is 0 Å². The number of nitrogens with two attached hydrogens (primary N) is 1. The smallest absolute Gasteiger partial charge is 0.0758 e. The van der Waals surface area contributed by atoms with Crippen LogP contribution in [0.2, 0.25) is 0 Å². The van der Waals surface area contributed by atoms with Gasteiger partial charge in [-0.1, -0.05) is 12.1 Å². The highest BCUT2D eigenvalue weighted by Crippen LogP contribution is 2.35. The van der Waals surface area contributed by atoms with Gasteiger partial charge in [0.05, 0.1) is 23.1 Å². The maximum absolute atomic E-state index is 6.18. The molecule has 0 radical (unpaired) electrons. The Morgan fingerprint density at radius 3 is 3.00 bits per heavy atom. The second-order valence-corrected chi connectivity index (χ2v) is 6.44. The Morgan fingerprint density at radius 1 is 1.42 bits per heavy atom. The maximum atomic E-state index is 6.18. The lowest BCUT2D eigenvalue weighted by atomic mass is 9.99. The molecule has 3 rings (SSSR count). The van der Waals surface area contributed by atoms with E-state index in [1.807, 2.05) is 6.07 Å². The zero-order chi connectivity index (χ0) is 13.5. The average molecular weight is 260 g/mol. The summed E-state index contributed by atoms with van der Waals surface area (Å²) in [6.07, 6.45) is 5.02. The number of para-hydroxylation sites is 1. The Hall–Kier alpha value is -1.22. The van der Waals surface area contributed by atoms with Crippen molar-refractivity contribution in [2.24, 2.45) is 0 Å². The van der Waals surface area contributed by atoms with Gasteiger partial charge in [-0.25, -0.2) is 0 Å². The SMILES string of the molecule is CC1(C)CCC(CN2CCCc3cccc(N)c32)O1. The molecule has 0 aromatic heterocycles. The number of nitrogens with zero attached hydrogens (tertiary/aromatic N) is 1. The van der Waals surface area contributed by atoms with E-state index in [0.29, 0.717) is 6.10 Å². The second-order valence-electron chi connectivity index (χ2n) is 6.44. The molecule has 1 saturated heterocycles. The van der Waals surface area contributed by atoms with Crippen molar-refractivity contribution in [3.8, 4) is 0 Å². The van der Waals surface area contributed by atoms with Crippen LogP contribution in [0, 0.1) is 0 Å². The predicted molar refractivity (Wildman–Crippen MR) is 79.6 cm³/mol. The van der Waals surface area contributed by atoms with Crippen LogP contribution in [0.15, 0.2) is 18.2 Å². The summed E-state index contributed by atoms with van der Waals surface area (Å²) in [5, 5.41) is 0. The zero-order valence-electron chi connectivity index (χ0n) is 12.0. The summed E-state index contributed by atoms with van der Waals surface area (Å²) in [7, 11) is 0. The van der Waals surface area contributed by atoms with Gasteiger partial charge < -0.3 is 15.4 Å². The Kier molecular flexibility index (Phi) is 3.17. The summed E-state index contributed by atoms with van der Waals surface area (Å²) in [4.78, 5) is 2.43. The number of hydrogen-bond donors (Lipinski definition) is 1. The molecular weight excluding hydrogens is 236 g/mol. The van der Waals surface area contributed by atoms with Gasteiger partial charge in [0, 0.05) is 13.1 Å². The van der Waals surface area contributed by atoms with Crippen molar-refractivity contribution < 1.29 is 4.74 Å². The number of benzene rings is 1. The topological polar surface area (TPSA) is 38.5 Å². The minimum atomic E-state index is 0.0471. The van der Waals surface area contributed by atoms with Crippen LogP contribution in [0.4, 0.5) is 11.4 Å². The van der Waals surface area contributed by atoms with Crippen molar-refractivity contribution in [2.45, 2.75) is 51.2 Å². The molecule has 0 saturated carbocycles. The molecule has 3 heteroatoms. The van der Waals surface area contributed by atoms with Crippen LogP contribution in [0.3, 0.4) is 0 Å². The highest BCUT2D eigenvalue weighted by Gasteiger charge is 2.33. The molecule has 2 aliphatic heterocycles. The van der Waals surface area contributed by atoms with Crippen molar-refractivity contribution in [1.82, 2.24) is 0 Å². The van der Waals surface area contributed by atoms with Crippen LogP contribution in [-0.4, -0.2) is 24.8 Å². The molecular formula is C16H24N2O. The molecule has 2 heterocycles. The standard InChI is InChI=1S/C16H24N2O/c1-16(2)9-8-13(19-16)11-18-10-4-6-12-5-3-7-14(17)15(12)18/h3,5,7,13H,4,6,8-11,17H2,1-2H3. The maximum Gasteiger partial charge on any atom is 0.0758 e. The number of rotatable bonds is 2. The first-order valence-electron chi connectivity index (χ1n) is 7.35. The molecule has 0 bridgehead atoms. The van der Waals surface area contributed by atoms with Gasteiger partial charge in [-0.15, -0.1) is 0 Å². The van der Waals surface area contributed by atoms with E-state index in [1.165, 1.54) is 17.7 Å². The lowest BCUT2D eigenvalue weighted by molar-refractivity contribution is -0.0116. The molecule has 1 fully saturated rings. The van der Waals surface area contributed by atoms with Gasteiger partial charge >= 0.3 is 0 Å². The van der Waals surface area contributed by atoms with Crippen LogP contribution < -0.4 is 10.6 Å². The van der Waals surface area contributed by atoms with Crippen molar-refractivity contribution in [2.75, 3.05) is 23.7 Å². The van der Waals surface area contributed by atoms with Gasteiger partial charge in [-0.3, -0.25) is 0 Å². The van der Waals surface area contributed by atoms with Crippen LogP contribution in [-0.2, 0) is 11.2 Å². The van der Waals surface area contributed by atoms with E-state index in [4.69, 9.17) is 10.5 Å². The van der Waals surface area contributed by atoms with Crippen LogP contribution in [0.25, 0.3) is 0 Å². The summed E-state index contributed by atoms with van der Waals surface area (Å²) in [5.41, 5.74) is 9.78. The van der Waals surface area contributed by atoms with Gasteiger partial charge in [0.2, 0.25) is 0 Å². The fourth-order valence-corrected chi connectivity index (χ4v) is 3.41. The van der Waals surface area contributed by atoms with Gasteiger partial charge in [0.1, 0.15) is 0 Å². The normalized spacial score (nSPS) is 25.4. The number of fused-ring (bicyclic) bond motifs is 1. The second kappa shape index (κ2) is 4.71. The zero-order valence-corrected chi connectivity index (χ0v) is 12.0. The first kappa shape index (κ1) is 12.8. The van der Waals surface area contributed by atoms with Gasteiger partial charge in [0.15, 0.2) is 0 Å². The molecule has 3 nitrogen and oxygen atoms in total. The number of ether oxygens (including phenoxy) is 1. The van der Waals surface area contributed by atoms with Crippen LogP contribution in [0.5, 0.6) is 0 Å². The number of hydrogen-bond acceptors (Lipinski definition) is 3. The van der Waals surface area contributed by atoms with Crippen molar-refractivity contribution >= 4 is 11.4 Å². The molecule has 2 N–H and O–H groups in total. The number of nitrogen functional groups attached to an aromatic ring is 1. The largest absolute Gasteiger partial charge is 0.397 e. The third kappa shape index (κ3) is 2.57. The van der Waals surface area contributed by atoms with Crippen molar-refractivity contribution in [3.63, 3.8) is 0 Å². The van der Waals surface area contributed by atoms with E-state index in [2.05, 4.69) is 30.9 Å². The lowest BCUT2D eigenvalue weighted by Crippen LogP contribution is -2.37. The Morgan fingerprint density at radius 2 is 2.26 bits per heavy atom. The quantitative estimate of drug-likeness (QED) is 0.831. The van der Waals surface area contributed by atoms with E-state index in [1.54, 1.807) is 0 Å². The fraction of sp³-hybridized carbons (Fsp3) is 0.625. The van der Waals surface area contributed by atoms with Crippen molar-refractivity contribution in [3.05, 3.63) is 23.8 Å². The van der Waals surface area contributed by atoms with E-state index >= 15 is 0 Å². The van der Waals surface area contributed by atoms with Crippen LogP contribution in [0.1, 0.15) is 38.7 Å². The predicted octanol–water partition coefficient (Wildman–Crippen LogP) is 2.98. The van der Waals surface area contributed by atoms with E-state index in [9.17, 15) is 0 Å².